The lowest BCUT2D eigenvalue weighted by Crippen LogP contribution is -2.30. The van der Waals surface area contributed by atoms with E-state index in [9.17, 15) is 9.59 Å². The topological polar surface area (TPSA) is 75.6 Å². The van der Waals surface area contributed by atoms with Crippen LogP contribution in [-0.4, -0.2) is 30.1 Å². The molecular weight excluding hydrogens is 294 g/mol. The summed E-state index contributed by atoms with van der Waals surface area (Å²) in [5, 5.41) is 11.7. The van der Waals surface area contributed by atoms with E-state index in [0.29, 0.717) is 17.2 Å². The van der Waals surface area contributed by atoms with Crippen molar-refractivity contribution in [3.8, 4) is 5.75 Å². The van der Waals surface area contributed by atoms with E-state index in [0.717, 1.165) is 17.7 Å². The number of amides is 1. The molecule has 0 aromatic heterocycles. The molecule has 1 aromatic rings. The first-order chi connectivity index (χ1) is 11.0. The van der Waals surface area contributed by atoms with Crippen LogP contribution < -0.4 is 10.1 Å². The molecule has 0 bridgehead atoms. The Kier molecular flexibility index (Phi) is 6.02. The highest BCUT2D eigenvalue weighted by Crippen LogP contribution is 2.25. The molecule has 0 heterocycles. The van der Waals surface area contributed by atoms with Crippen molar-refractivity contribution in [1.82, 2.24) is 5.32 Å². The minimum atomic E-state index is -1.02. The van der Waals surface area contributed by atoms with Gasteiger partial charge in [0.05, 0.1) is 0 Å². The van der Waals surface area contributed by atoms with Gasteiger partial charge >= 0.3 is 5.97 Å². The van der Waals surface area contributed by atoms with Gasteiger partial charge in [-0.1, -0.05) is 19.3 Å². The number of carbonyl (C=O) groups excluding carboxylic acids is 1. The van der Waals surface area contributed by atoms with Crippen molar-refractivity contribution < 1.29 is 19.4 Å². The first-order valence-electron chi connectivity index (χ1n) is 8.21. The number of benzene rings is 1. The van der Waals surface area contributed by atoms with Gasteiger partial charge in [0.15, 0.2) is 6.61 Å². The Labute approximate surface area is 137 Å². The van der Waals surface area contributed by atoms with Crippen LogP contribution >= 0.6 is 0 Å². The molecule has 1 aromatic carbocycles. The molecule has 0 saturated heterocycles. The van der Waals surface area contributed by atoms with Gasteiger partial charge in [-0.05, 0) is 55.9 Å². The van der Waals surface area contributed by atoms with Crippen LogP contribution in [0.3, 0.4) is 0 Å². The lowest BCUT2D eigenvalue weighted by atomic mass is 9.89. The average Bonchev–Trinajstić information content (AvgIpc) is 2.52. The predicted octanol–water partition coefficient (Wildman–Crippen LogP) is 3.08. The molecule has 2 N–H and O–H groups in total. The minimum Gasteiger partial charge on any atom is -0.481 e. The highest BCUT2D eigenvalue weighted by molar-refractivity contribution is 5.94. The molecule has 0 aliphatic heterocycles. The molecule has 0 spiro atoms. The number of carbonyl (C=O) groups is 2. The number of ether oxygens (including phenoxy) is 1. The lowest BCUT2D eigenvalue weighted by molar-refractivity contribution is -0.139. The second-order valence-corrected chi connectivity index (χ2v) is 6.34. The van der Waals surface area contributed by atoms with Crippen LogP contribution in [0.4, 0.5) is 0 Å². The summed E-state index contributed by atoms with van der Waals surface area (Å²) in [4.78, 5) is 22.9. The van der Waals surface area contributed by atoms with E-state index in [2.05, 4.69) is 5.32 Å². The lowest BCUT2D eigenvalue weighted by Gasteiger charge is -2.22. The Bertz CT molecular complexity index is 553. The largest absolute Gasteiger partial charge is 0.481 e. The maximum Gasteiger partial charge on any atom is 0.341 e. The maximum atomic E-state index is 12.3. The summed E-state index contributed by atoms with van der Waals surface area (Å²) in [5.74, 6) is 0.0361. The molecule has 2 rings (SSSR count). The van der Waals surface area contributed by atoms with E-state index >= 15 is 0 Å². The number of aryl methyl sites for hydroxylation is 2. The molecule has 5 heteroatoms. The van der Waals surface area contributed by atoms with Crippen LogP contribution in [-0.2, 0) is 4.79 Å². The third kappa shape index (κ3) is 4.98. The summed E-state index contributed by atoms with van der Waals surface area (Å²) < 4.78 is 5.29. The van der Waals surface area contributed by atoms with Gasteiger partial charge in [0.25, 0.3) is 5.91 Å². The average molecular weight is 319 g/mol. The van der Waals surface area contributed by atoms with E-state index in [4.69, 9.17) is 9.84 Å². The monoisotopic (exact) mass is 319 g/mol. The predicted molar refractivity (Wildman–Crippen MR) is 88.0 cm³/mol. The zero-order valence-electron chi connectivity index (χ0n) is 13.9. The van der Waals surface area contributed by atoms with Gasteiger partial charge in [-0.3, -0.25) is 4.79 Å². The van der Waals surface area contributed by atoms with Gasteiger partial charge in [-0.15, -0.1) is 0 Å². The van der Waals surface area contributed by atoms with Crippen LogP contribution in [0.1, 0.15) is 53.6 Å². The van der Waals surface area contributed by atoms with Gasteiger partial charge in [0, 0.05) is 12.1 Å². The molecule has 0 atom stereocenters. The summed E-state index contributed by atoms with van der Waals surface area (Å²) in [6.07, 6.45) is 6.21. The molecule has 0 unspecified atom stereocenters. The Balaban J connectivity index is 1.98. The Hall–Kier alpha value is -2.04. The molecule has 1 amide bonds. The molecule has 1 fully saturated rings. The van der Waals surface area contributed by atoms with Gasteiger partial charge in [-0.25, -0.2) is 4.79 Å². The van der Waals surface area contributed by atoms with E-state index in [1.165, 1.54) is 32.1 Å². The highest BCUT2D eigenvalue weighted by atomic mass is 16.5. The summed E-state index contributed by atoms with van der Waals surface area (Å²) in [5.41, 5.74) is 2.14. The normalized spacial score (nSPS) is 15.2. The number of hydrogen-bond acceptors (Lipinski definition) is 3. The first-order valence-corrected chi connectivity index (χ1v) is 8.21. The van der Waals surface area contributed by atoms with E-state index in [1.54, 1.807) is 12.1 Å². The fraction of sp³-hybridized carbons (Fsp3) is 0.556. The smallest absolute Gasteiger partial charge is 0.341 e. The van der Waals surface area contributed by atoms with Crippen molar-refractivity contribution in [1.29, 1.82) is 0 Å². The van der Waals surface area contributed by atoms with E-state index in [1.807, 2.05) is 13.8 Å². The minimum absolute atomic E-state index is 0.0773. The zero-order chi connectivity index (χ0) is 16.8. The van der Waals surface area contributed by atoms with Crippen LogP contribution in [0.25, 0.3) is 0 Å². The quantitative estimate of drug-likeness (QED) is 0.845. The molecule has 0 radical (unpaired) electrons. The van der Waals surface area contributed by atoms with Gasteiger partial charge in [-0.2, -0.15) is 0 Å². The Morgan fingerprint density at radius 2 is 1.78 bits per heavy atom. The molecule has 1 aliphatic carbocycles. The van der Waals surface area contributed by atoms with Crippen LogP contribution in [0.5, 0.6) is 5.75 Å². The molecule has 1 aliphatic rings. The molecule has 126 valence electrons. The van der Waals surface area contributed by atoms with Crippen molar-refractivity contribution in [3.63, 3.8) is 0 Å². The van der Waals surface area contributed by atoms with Crippen molar-refractivity contribution in [2.75, 3.05) is 13.2 Å². The first kappa shape index (κ1) is 17.3. The second kappa shape index (κ2) is 7.99. The molecule has 23 heavy (non-hydrogen) atoms. The summed E-state index contributed by atoms with van der Waals surface area (Å²) >= 11 is 0. The number of aliphatic carboxylic acids is 1. The van der Waals surface area contributed by atoms with Gasteiger partial charge < -0.3 is 15.2 Å². The van der Waals surface area contributed by atoms with E-state index in [-0.39, 0.29) is 12.5 Å². The van der Waals surface area contributed by atoms with Crippen LogP contribution in [0, 0.1) is 19.8 Å². The SMILES string of the molecule is Cc1cc(C(=O)NCC2CCCCC2)cc(C)c1OCC(=O)O. The van der Waals surface area contributed by atoms with Crippen molar-refractivity contribution in [2.24, 2.45) is 5.92 Å². The van der Waals surface area contributed by atoms with E-state index < -0.39 is 5.97 Å². The Morgan fingerprint density at radius 3 is 2.35 bits per heavy atom. The number of carboxylic acid groups (broad SMARTS) is 1. The fourth-order valence-electron chi connectivity index (χ4n) is 3.17. The second-order valence-electron chi connectivity index (χ2n) is 6.34. The number of nitrogens with one attached hydrogen (secondary N) is 1. The summed E-state index contributed by atoms with van der Waals surface area (Å²) in [6, 6.07) is 3.50. The fourth-order valence-corrected chi connectivity index (χ4v) is 3.17. The van der Waals surface area contributed by atoms with Gasteiger partial charge in [0.2, 0.25) is 0 Å². The van der Waals surface area contributed by atoms with Crippen molar-refractivity contribution >= 4 is 11.9 Å². The third-order valence-corrected chi connectivity index (χ3v) is 4.34. The number of carboxylic acids is 1. The van der Waals surface area contributed by atoms with Crippen molar-refractivity contribution in [3.05, 3.63) is 28.8 Å². The van der Waals surface area contributed by atoms with Gasteiger partial charge in [0.1, 0.15) is 5.75 Å². The number of rotatable bonds is 6. The van der Waals surface area contributed by atoms with Crippen LogP contribution in [0.15, 0.2) is 12.1 Å². The molecule has 1 saturated carbocycles. The third-order valence-electron chi connectivity index (χ3n) is 4.34. The standard InChI is InChI=1S/C18H25NO4/c1-12-8-15(9-13(2)17(12)23-11-16(20)21)18(22)19-10-14-6-4-3-5-7-14/h8-9,14H,3-7,10-11H2,1-2H3,(H,19,22)(H,20,21). The zero-order valence-corrected chi connectivity index (χ0v) is 13.9. The maximum absolute atomic E-state index is 12.3. The Morgan fingerprint density at radius 1 is 1.17 bits per heavy atom. The summed E-state index contributed by atoms with van der Waals surface area (Å²) in [7, 11) is 0. The highest BCUT2D eigenvalue weighted by Gasteiger charge is 2.16. The van der Waals surface area contributed by atoms with Crippen LogP contribution in [0.2, 0.25) is 0 Å². The molecule has 5 nitrogen and oxygen atoms in total. The number of hydrogen-bond donors (Lipinski definition) is 2. The summed E-state index contributed by atoms with van der Waals surface area (Å²) in [6.45, 7) is 3.99. The molecular formula is C18H25NO4. The van der Waals surface area contributed by atoms with Crippen molar-refractivity contribution in [2.45, 2.75) is 46.0 Å².